The van der Waals surface area contributed by atoms with E-state index in [1.807, 2.05) is 13.8 Å². The van der Waals surface area contributed by atoms with Crippen LogP contribution >= 0.6 is 45.2 Å². The van der Waals surface area contributed by atoms with Crippen LogP contribution in [-0.4, -0.2) is 33.5 Å². The standard InChI is InChI=1S/C18H22INO.C17H20INO2.Na.H2O/c1-5-12-9-14(19)8-10(2)15(12)16-11(3)18(4,13-6-7-13)20-17(16)21;1-4-10-8-12(18)7-9(2)13(10)14-15(20)17(3,11-5-6-11)19-16(14)21;;/h8-9,13H,5-7H2,1-4H3,(H,20,21);7-8,11,20H,4-6H2,1-3H3,(H,19,21);;1H2/q;;+1;/p-1. The van der Waals surface area contributed by atoms with Gasteiger partial charge in [-0.05, 0) is 193 Å². The van der Waals surface area contributed by atoms with Gasteiger partial charge < -0.3 is 21.2 Å². The molecule has 2 aliphatic carbocycles. The number of amides is 2. The smallest absolute Gasteiger partial charge is 0.870 e. The molecule has 2 heterocycles. The molecule has 0 aromatic heterocycles. The maximum Gasteiger partial charge on any atom is 1.00 e. The second-order valence-electron chi connectivity index (χ2n) is 12.8. The van der Waals surface area contributed by atoms with Gasteiger partial charge >= 0.3 is 29.6 Å². The second kappa shape index (κ2) is 14.1. The molecule has 6 rings (SSSR count). The summed E-state index contributed by atoms with van der Waals surface area (Å²) in [6.45, 7) is 14.7. The normalized spacial score (nSPS) is 24.3. The van der Waals surface area contributed by atoms with E-state index < -0.39 is 5.54 Å². The second-order valence-corrected chi connectivity index (χ2v) is 15.3. The molecule has 0 saturated heterocycles. The van der Waals surface area contributed by atoms with Crippen molar-refractivity contribution in [3.8, 4) is 0 Å². The molecule has 6 nitrogen and oxygen atoms in total. The van der Waals surface area contributed by atoms with Crippen LogP contribution in [0.4, 0.5) is 0 Å². The molecular weight excluding hydrogens is 789 g/mol. The first-order chi connectivity index (χ1) is 19.8. The van der Waals surface area contributed by atoms with E-state index in [2.05, 4.69) is 115 Å². The molecule has 2 aromatic rings. The van der Waals surface area contributed by atoms with Crippen LogP contribution < -0.4 is 40.2 Å². The average molecular weight is 833 g/mol. The van der Waals surface area contributed by atoms with Gasteiger partial charge in [-0.15, -0.1) is 0 Å². The molecule has 4 aliphatic rings. The number of nitrogens with one attached hydrogen (secondary N) is 2. The molecule has 44 heavy (non-hydrogen) atoms. The molecule has 2 aromatic carbocycles. The number of hydrogen-bond donors (Lipinski definition) is 3. The minimum Gasteiger partial charge on any atom is -0.870 e. The molecular formula is C35H43I2N2NaO4. The van der Waals surface area contributed by atoms with Gasteiger partial charge in [-0.25, -0.2) is 0 Å². The molecule has 2 fully saturated rings. The van der Waals surface area contributed by atoms with E-state index in [1.54, 1.807) is 0 Å². The molecule has 0 radical (unpaired) electrons. The van der Waals surface area contributed by atoms with E-state index >= 15 is 0 Å². The van der Waals surface area contributed by atoms with Crippen LogP contribution in [0.2, 0.25) is 0 Å². The fourth-order valence-electron chi connectivity index (χ4n) is 7.00. The van der Waals surface area contributed by atoms with Crippen LogP contribution in [0.1, 0.15) is 93.7 Å². The van der Waals surface area contributed by atoms with E-state index in [0.717, 1.165) is 57.1 Å². The van der Waals surface area contributed by atoms with Crippen LogP contribution in [0, 0.1) is 32.8 Å². The topological polar surface area (TPSA) is 108 Å². The predicted molar refractivity (Wildman–Crippen MR) is 189 cm³/mol. The summed E-state index contributed by atoms with van der Waals surface area (Å²) in [6, 6.07) is 8.55. The maximum atomic E-state index is 12.7. The Kier molecular flexibility index (Phi) is 12.0. The van der Waals surface area contributed by atoms with Crippen LogP contribution in [-0.2, 0) is 22.4 Å². The van der Waals surface area contributed by atoms with Gasteiger partial charge in [-0.1, -0.05) is 13.8 Å². The van der Waals surface area contributed by atoms with Crippen LogP contribution in [0.5, 0.6) is 0 Å². The summed E-state index contributed by atoms with van der Waals surface area (Å²) < 4.78 is 2.40. The Balaban J connectivity index is 0.000000230. The van der Waals surface area contributed by atoms with Crippen molar-refractivity contribution in [2.45, 2.75) is 98.1 Å². The Morgan fingerprint density at radius 3 is 1.57 bits per heavy atom. The Hall–Kier alpha value is -0.920. The number of carbonyl (C=O) groups excluding carboxylic acids is 2. The fourth-order valence-corrected chi connectivity index (χ4v) is 8.69. The quantitative estimate of drug-likeness (QED) is 0.288. The van der Waals surface area contributed by atoms with Crippen molar-refractivity contribution >= 4 is 68.1 Å². The first-order valence-electron chi connectivity index (χ1n) is 15.2. The van der Waals surface area contributed by atoms with Gasteiger partial charge in [0.15, 0.2) is 0 Å². The van der Waals surface area contributed by atoms with E-state index in [0.29, 0.717) is 17.4 Å². The summed E-state index contributed by atoms with van der Waals surface area (Å²) in [4.78, 5) is 25.2. The van der Waals surface area contributed by atoms with Crippen molar-refractivity contribution < 1.29 is 49.7 Å². The molecule has 9 heteroatoms. The summed E-state index contributed by atoms with van der Waals surface area (Å²) in [6.07, 6.45) is 6.40. The van der Waals surface area contributed by atoms with Crippen molar-refractivity contribution in [2.75, 3.05) is 0 Å². The van der Waals surface area contributed by atoms with Crippen molar-refractivity contribution in [1.82, 2.24) is 10.6 Å². The maximum absolute atomic E-state index is 12.7. The largest absolute Gasteiger partial charge is 1.00 e. The molecule has 4 N–H and O–H groups in total. The van der Waals surface area contributed by atoms with Gasteiger partial charge in [-0.3, -0.25) is 9.59 Å². The first-order valence-corrected chi connectivity index (χ1v) is 17.3. The SMILES string of the molecule is CCc1cc(I)cc(C)c1C1=C(C)C(C)(C2CC2)NC1=O.CCc1cc(I)cc(C)c1C1=C(O)C(C)(C2CC2)NC1=O.[Na+].[OH-]. The third-order valence-corrected chi connectivity index (χ3v) is 11.1. The molecule has 0 spiro atoms. The Bertz CT molecular complexity index is 1440. The molecule has 2 amide bonds. The Morgan fingerprint density at radius 1 is 0.750 bits per heavy atom. The van der Waals surface area contributed by atoms with Crippen molar-refractivity contribution in [3.63, 3.8) is 0 Å². The monoisotopic (exact) mass is 832 g/mol. The summed E-state index contributed by atoms with van der Waals surface area (Å²) in [5.74, 6) is 1.19. The third-order valence-electron chi connectivity index (χ3n) is 9.90. The fraction of sp³-hybridized carbons (Fsp3) is 0.486. The Labute approximate surface area is 311 Å². The number of aliphatic hydroxyl groups is 1. The number of hydrogen-bond acceptors (Lipinski definition) is 4. The number of rotatable bonds is 6. The zero-order valence-electron chi connectivity index (χ0n) is 27.2. The van der Waals surface area contributed by atoms with E-state index in [9.17, 15) is 14.7 Å². The molecule has 0 bridgehead atoms. The summed E-state index contributed by atoms with van der Waals surface area (Å²) in [7, 11) is 0. The summed E-state index contributed by atoms with van der Waals surface area (Å²) in [5, 5.41) is 17.0. The molecule has 2 atom stereocenters. The third kappa shape index (κ3) is 6.72. The van der Waals surface area contributed by atoms with Crippen LogP contribution in [0.25, 0.3) is 11.1 Å². The summed E-state index contributed by atoms with van der Waals surface area (Å²) >= 11 is 4.65. The number of aliphatic hydroxyl groups excluding tert-OH is 1. The molecule has 2 saturated carbocycles. The predicted octanol–water partition coefficient (Wildman–Crippen LogP) is 4.79. The number of carbonyl (C=O) groups is 2. The van der Waals surface area contributed by atoms with Crippen LogP contribution in [0.3, 0.4) is 0 Å². The number of halogens is 2. The molecule has 2 aliphatic heterocycles. The number of aryl methyl sites for hydroxylation is 4. The van der Waals surface area contributed by atoms with Gasteiger partial charge in [0.1, 0.15) is 5.76 Å². The van der Waals surface area contributed by atoms with Crippen molar-refractivity contribution in [1.29, 1.82) is 0 Å². The van der Waals surface area contributed by atoms with Gasteiger partial charge in [0, 0.05) is 12.7 Å². The zero-order chi connectivity index (χ0) is 30.7. The van der Waals surface area contributed by atoms with Crippen LogP contribution in [0.15, 0.2) is 35.6 Å². The average Bonchev–Trinajstić information content (AvgIpc) is 3.83. The minimum absolute atomic E-state index is 0. The zero-order valence-corrected chi connectivity index (χ0v) is 33.5. The van der Waals surface area contributed by atoms with E-state index in [1.165, 1.54) is 33.1 Å². The molecule has 232 valence electrons. The first kappa shape index (κ1) is 37.5. The Morgan fingerprint density at radius 2 is 1.14 bits per heavy atom. The minimum atomic E-state index is -0.577. The van der Waals surface area contributed by atoms with Gasteiger partial charge in [-0.2, -0.15) is 0 Å². The summed E-state index contributed by atoms with van der Waals surface area (Å²) in [5.41, 5.74) is 8.67. The van der Waals surface area contributed by atoms with Gasteiger partial charge in [0.2, 0.25) is 0 Å². The number of benzene rings is 2. The molecule has 2 unspecified atom stereocenters. The van der Waals surface area contributed by atoms with E-state index in [-0.39, 0.29) is 58.1 Å². The van der Waals surface area contributed by atoms with Gasteiger partial charge in [0.05, 0.1) is 16.7 Å². The van der Waals surface area contributed by atoms with E-state index in [4.69, 9.17) is 0 Å². The van der Waals surface area contributed by atoms with Crippen molar-refractivity contribution in [2.24, 2.45) is 11.8 Å². The van der Waals surface area contributed by atoms with Crippen molar-refractivity contribution in [3.05, 3.63) is 76.1 Å². The van der Waals surface area contributed by atoms with Gasteiger partial charge in [0.25, 0.3) is 11.8 Å².